The van der Waals surface area contributed by atoms with E-state index in [0.717, 1.165) is 27.5 Å². The number of rotatable bonds is 1. The number of ether oxygens (including phenoxy) is 2. The van der Waals surface area contributed by atoms with E-state index in [2.05, 4.69) is 9.97 Å². The van der Waals surface area contributed by atoms with E-state index < -0.39 is 11.7 Å². The minimum Gasteiger partial charge on any atom is -0.474 e. The summed E-state index contributed by atoms with van der Waals surface area (Å²) >= 11 is 6.50. The normalized spacial score (nSPS) is 13.7. The Labute approximate surface area is 179 Å². The van der Waals surface area contributed by atoms with Gasteiger partial charge in [0.15, 0.2) is 0 Å². The number of hydrogen-bond donors (Lipinski definition) is 1. The molecular weight excluding hydrogens is 404 g/mol. The lowest BCUT2D eigenvalue weighted by Crippen LogP contribution is -2.42. The molecule has 8 heteroatoms. The Balaban J connectivity index is 1.83. The zero-order valence-corrected chi connectivity index (χ0v) is 18.1. The third-order valence-corrected chi connectivity index (χ3v) is 5.14. The minimum atomic E-state index is -0.603. The van der Waals surface area contributed by atoms with Gasteiger partial charge in [0.1, 0.15) is 23.7 Å². The van der Waals surface area contributed by atoms with Crippen LogP contribution in [0.25, 0.3) is 21.9 Å². The molecule has 3 heterocycles. The molecule has 0 saturated heterocycles. The average Bonchev–Trinajstić information content (AvgIpc) is 2.66. The summed E-state index contributed by atoms with van der Waals surface area (Å²) < 4.78 is 11.3. The predicted molar refractivity (Wildman–Crippen MR) is 118 cm³/mol. The lowest BCUT2D eigenvalue weighted by Gasteiger charge is -2.32. The van der Waals surface area contributed by atoms with Gasteiger partial charge >= 0.3 is 6.09 Å². The molecule has 0 saturated carbocycles. The molecule has 30 heavy (non-hydrogen) atoms. The van der Waals surface area contributed by atoms with E-state index in [1.807, 2.05) is 39.8 Å². The van der Waals surface area contributed by atoms with Crippen molar-refractivity contribution in [2.45, 2.75) is 33.3 Å². The Bertz CT molecular complexity index is 1160. The fourth-order valence-corrected chi connectivity index (χ4v) is 3.79. The van der Waals surface area contributed by atoms with Crippen LogP contribution in [-0.2, 0) is 4.74 Å². The molecule has 1 amide bonds. The number of halogens is 1. The van der Waals surface area contributed by atoms with Crippen molar-refractivity contribution in [3.63, 3.8) is 0 Å². The summed E-state index contributed by atoms with van der Waals surface area (Å²) in [6.45, 7) is 8.18. The van der Waals surface area contributed by atoms with Gasteiger partial charge < -0.3 is 15.2 Å². The second kappa shape index (κ2) is 7.32. The molecule has 0 aliphatic carbocycles. The molecule has 1 aromatic carbocycles. The summed E-state index contributed by atoms with van der Waals surface area (Å²) in [5, 5.41) is 2.26. The smallest absolute Gasteiger partial charge is 0.415 e. The molecule has 2 aromatic heterocycles. The van der Waals surface area contributed by atoms with Crippen molar-refractivity contribution in [2.75, 3.05) is 23.8 Å². The Hall–Kier alpha value is -3.06. The van der Waals surface area contributed by atoms with Crippen LogP contribution in [0, 0.1) is 6.92 Å². The van der Waals surface area contributed by atoms with Crippen molar-refractivity contribution >= 4 is 40.0 Å². The largest absolute Gasteiger partial charge is 0.474 e. The van der Waals surface area contributed by atoms with Crippen molar-refractivity contribution in [3.05, 3.63) is 41.2 Å². The van der Waals surface area contributed by atoms with E-state index in [1.54, 1.807) is 23.4 Å². The number of aromatic nitrogens is 2. The van der Waals surface area contributed by atoms with Gasteiger partial charge in [0.05, 0.1) is 11.6 Å². The molecule has 1 aliphatic heterocycles. The molecule has 0 unspecified atom stereocenters. The molecule has 0 spiro atoms. The number of carbonyl (C=O) groups excluding carboxylic acids is 1. The van der Waals surface area contributed by atoms with E-state index in [-0.39, 0.29) is 0 Å². The first-order chi connectivity index (χ1) is 14.1. The maximum Gasteiger partial charge on any atom is 0.415 e. The van der Waals surface area contributed by atoms with Gasteiger partial charge in [-0.05, 0) is 62.4 Å². The fourth-order valence-electron chi connectivity index (χ4n) is 3.51. The van der Waals surface area contributed by atoms with E-state index in [4.69, 9.17) is 26.8 Å². The van der Waals surface area contributed by atoms with Gasteiger partial charge in [-0.3, -0.25) is 4.90 Å². The topological polar surface area (TPSA) is 90.6 Å². The number of fused-ring (bicyclic) bond motifs is 2. The highest BCUT2D eigenvalue weighted by Gasteiger charge is 2.31. The van der Waals surface area contributed by atoms with Crippen LogP contribution in [0.15, 0.2) is 30.6 Å². The number of carbonyl (C=O) groups is 1. The summed E-state index contributed by atoms with van der Waals surface area (Å²) in [4.78, 5) is 23.0. The predicted octanol–water partition coefficient (Wildman–Crippen LogP) is 4.97. The van der Waals surface area contributed by atoms with Crippen molar-refractivity contribution in [3.8, 4) is 17.0 Å². The fraction of sp³-hybridized carbons (Fsp3) is 0.318. The van der Waals surface area contributed by atoms with Crippen LogP contribution in [-0.4, -0.2) is 34.8 Å². The van der Waals surface area contributed by atoms with E-state index in [9.17, 15) is 4.79 Å². The number of hydrogen-bond acceptors (Lipinski definition) is 6. The van der Waals surface area contributed by atoms with Gasteiger partial charge in [0.25, 0.3) is 0 Å². The van der Waals surface area contributed by atoms with E-state index in [1.165, 1.54) is 0 Å². The van der Waals surface area contributed by atoms with Crippen LogP contribution in [0.1, 0.15) is 26.3 Å². The minimum absolute atomic E-state index is 0.353. The van der Waals surface area contributed by atoms with Gasteiger partial charge in [0, 0.05) is 23.3 Å². The number of pyridine rings is 2. The molecule has 2 N–H and O–H groups in total. The second-order valence-corrected chi connectivity index (χ2v) is 8.63. The van der Waals surface area contributed by atoms with Crippen LogP contribution in [0.5, 0.6) is 5.88 Å². The van der Waals surface area contributed by atoms with Crippen LogP contribution in [0.3, 0.4) is 0 Å². The van der Waals surface area contributed by atoms with Gasteiger partial charge in [-0.1, -0.05) is 11.6 Å². The Morgan fingerprint density at radius 3 is 2.73 bits per heavy atom. The lowest BCUT2D eigenvalue weighted by atomic mass is 9.98. The number of anilines is 2. The van der Waals surface area contributed by atoms with Crippen molar-refractivity contribution in [1.29, 1.82) is 0 Å². The van der Waals surface area contributed by atoms with Gasteiger partial charge in [0.2, 0.25) is 5.88 Å². The zero-order chi connectivity index (χ0) is 21.6. The second-order valence-electron chi connectivity index (χ2n) is 8.22. The highest BCUT2D eigenvalue weighted by atomic mass is 35.5. The highest BCUT2D eigenvalue weighted by molar-refractivity contribution is 6.36. The van der Waals surface area contributed by atoms with Crippen molar-refractivity contribution in [2.24, 2.45) is 0 Å². The van der Waals surface area contributed by atoms with Gasteiger partial charge in [-0.15, -0.1) is 0 Å². The summed E-state index contributed by atoms with van der Waals surface area (Å²) in [6.07, 6.45) is 2.96. The maximum atomic E-state index is 12.8. The summed E-state index contributed by atoms with van der Waals surface area (Å²) in [5.74, 6) is 0.828. The average molecular weight is 427 g/mol. The Kier molecular flexibility index (Phi) is 4.94. The maximum absolute atomic E-state index is 12.8. The van der Waals surface area contributed by atoms with Gasteiger partial charge in [-0.2, -0.15) is 0 Å². The van der Waals surface area contributed by atoms with Crippen LogP contribution in [0.2, 0.25) is 5.02 Å². The standard InChI is InChI=1S/C22H23ClN4O3/c1-12-15(13-7-14-9-18(24)25-11-16(14)17(23)8-13)10-26-20-19(12)27(5-6-29-20)21(28)30-22(2,3)4/h7-11H,5-6H2,1-4H3,(H2,24,25). The number of nitrogens with zero attached hydrogens (tertiary/aromatic N) is 3. The van der Waals surface area contributed by atoms with Crippen molar-refractivity contribution in [1.82, 2.24) is 9.97 Å². The SMILES string of the molecule is Cc1c(-c2cc(Cl)c3cnc(N)cc3c2)cnc2c1N(C(=O)OC(C)(C)C)CCO2. The first-order valence-corrected chi connectivity index (χ1v) is 10.00. The van der Waals surface area contributed by atoms with E-state index >= 15 is 0 Å². The first-order valence-electron chi connectivity index (χ1n) is 9.62. The summed E-state index contributed by atoms with van der Waals surface area (Å²) in [6, 6.07) is 5.62. The first kappa shape index (κ1) is 20.2. The van der Waals surface area contributed by atoms with Gasteiger partial charge in [-0.25, -0.2) is 14.8 Å². The quantitative estimate of drug-likeness (QED) is 0.590. The van der Waals surface area contributed by atoms with E-state index in [0.29, 0.717) is 35.6 Å². The molecular formula is C22H23ClN4O3. The number of amides is 1. The third kappa shape index (κ3) is 3.73. The molecule has 0 atom stereocenters. The Morgan fingerprint density at radius 2 is 2.00 bits per heavy atom. The summed E-state index contributed by atoms with van der Waals surface area (Å²) in [7, 11) is 0. The molecule has 7 nitrogen and oxygen atoms in total. The lowest BCUT2D eigenvalue weighted by molar-refractivity contribution is 0.0566. The number of nitrogen functional groups attached to an aromatic ring is 1. The highest BCUT2D eigenvalue weighted by Crippen LogP contribution is 2.40. The zero-order valence-electron chi connectivity index (χ0n) is 17.3. The molecule has 4 rings (SSSR count). The molecule has 156 valence electrons. The monoisotopic (exact) mass is 426 g/mol. The number of benzene rings is 1. The van der Waals surface area contributed by atoms with Crippen LogP contribution in [0.4, 0.5) is 16.3 Å². The molecule has 0 bridgehead atoms. The van der Waals surface area contributed by atoms with Crippen molar-refractivity contribution < 1.29 is 14.3 Å². The molecule has 0 radical (unpaired) electrons. The third-order valence-electron chi connectivity index (χ3n) is 4.83. The summed E-state index contributed by atoms with van der Waals surface area (Å²) in [5.41, 5.74) is 8.40. The Morgan fingerprint density at radius 1 is 1.23 bits per heavy atom. The molecule has 1 aliphatic rings. The number of nitrogens with two attached hydrogens (primary N) is 1. The van der Waals surface area contributed by atoms with Crippen LogP contribution < -0.4 is 15.4 Å². The molecule has 0 fully saturated rings. The molecule has 3 aromatic rings. The van der Waals surface area contributed by atoms with Crippen LogP contribution >= 0.6 is 11.6 Å².